The highest BCUT2D eigenvalue weighted by Gasteiger charge is 2.16. The van der Waals surface area contributed by atoms with Gasteiger partial charge in [-0.3, -0.25) is 0 Å². The van der Waals surface area contributed by atoms with Crippen molar-refractivity contribution in [3.63, 3.8) is 0 Å². The van der Waals surface area contributed by atoms with Gasteiger partial charge in [0.15, 0.2) is 0 Å². The van der Waals surface area contributed by atoms with E-state index in [1.165, 1.54) is 11.3 Å². The monoisotopic (exact) mass is 230 g/mol. The lowest BCUT2D eigenvalue weighted by Gasteiger charge is -2.31. The van der Waals surface area contributed by atoms with Gasteiger partial charge in [0.1, 0.15) is 0 Å². The Morgan fingerprint density at radius 1 is 1.29 bits per heavy atom. The summed E-state index contributed by atoms with van der Waals surface area (Å²) in [4.78, 5) is 2.32. The molecule has 0 aromatic heterocycles. The Kier molecular flexibility index (Phi) is 3.65. The molecule has 0 unspecified atom stereocenters. The minimum Gasteiger partial charge on any atom is -0.378 e. The third-order valence-corrected chi connectivity index (χ3v) is 3.13. The Hall–Kier alpha value is -1.53. The van der Waals surface area contributed by atoms with Gasteiger partial charge in [-0.2, -0.15) is 5.26 Å². The normalized spacial score (nSPS) is 16.0. The van der Waals surface area contributed by atoms with Crippen molar-refractivity contribution >= 4 is 5.69 Å². The molecule has 0 aliphatic carbocycles. The van der Waals surface area contributed by atoms with Crippen LogP contribution >= 0.6 is 0 Å². The summed E-state index contributed by atoms with van der Waals surface area (Å²) < 4.78 is 5.37. The maximum atomic E-state index is 9.00. The topological polar surface area (TPSA) is 36.3 Å². The fourth-order valence-electron chi connectivity index (χ4n) is 2.18. The third-order valence-electron chi connectivity index (χ3n) is 3.13. The Labute approximate surface area is 103 Å². The average Bonchev–Trinajstić information content (AvgIpc) is 2.39. The molecule has 0 bridgehead atoms. The zero-order valence-electron chi connectivity index (χ0n) is 10.4. The van der Waals surface area contributed by atoms with Crippen LogP contribution in [0.5, 0.6) is 0 Å². The lowest BCUT2D eigenvalue weighted by Crippen LogP contribution is -2.36. The summed E-state index contributed by atoms with van der Waals surface area (Å²) in [6.07, 6.45) is 0. The molecule has 1 saturated heterocycles. The lowest BCUT2D eigenvalue weighted by molar-refractivity contribution is 0.122. The van der Waals surface area contributed by atoms with Crippen molar-refractivity contribution in [3.8, 4) is 6.07 Å². The number of morpholine rings is 1. The van der Waals surface area contributed by atoms with Crippen molar-refractivity contribution in [1.82, 2.24) is 0 Å². The summed E-state index contributed by atoms with van der Waals surface area (Å²) in [6.45, 7) is 7.74. The number of hydrogen-bond donors (Lipinski definition) is 0. The van der Waals surface area contributed by atoms with Crippen molar-refractivity contribution in [2.45, 2.75) is 19.8 Å². The van der Waals surface area contributed by atoms with Crippen LogP contribution < -0.4 is 4.90 Å². The van der Waals surface area contributed by atoms with Gasteiger partial charge in [-0.05, 0) is 23.6 Å². The van der Waals surface area contributed by atoms with Gasteiger partial charge in [-0.15, -0.1) is 0 Å². The van der Waals surface area contributed by atoms with Gasteiger partial charge in [0.25, 0.3) is 0 Å². The summed E-state index contributed by atoms with van der Waals surface area (Å²) in [6, 6.07) is 8.19. The number of ether oxygens (including phenoxy) is 1. The molecule has 1 aromatic rings. The van der Waals surface area contributed by atoms with Gasteiger partial charge < -0.3 is 9.64 Å². The van der Waals surface area contributed by atoms with E-state index in [0.717, 1.165) is 31.9 Å². The molecule has 17 heavy (non-hydrogen) atoms. The molecular formula is C14H18N2O. The molecule has 1 heterocycles. The lowest BCUT2D eigenvalue weighted by atomic mass is 9.98. The van der Waals surface area contributed by atoms with Crippen LogP contribution in [0.3, 0.4) is 0 Å². The quantitative estimate of drug-likeness (QED) is 0.783. The molecule has 2 rings (SSSR count). The molecule has 0 saturated carbocycles. The van der Waals surface area contributed by atoms with Gasteiger partial charge in [-0.25, -0.2) is 0 Å². The van der Waals surface area contributed by atoms with Gasteiger partial charge in [0.2, 0.25) is 0 Å². The Balaban J connectivity index is 2.37. The van der Waals surface area contributed by atoms with Crippen LogP contribution in [0.2, 0.25) is 0 Å². The van der Waals surface area contributed by atoms with Crippen LogP contribution in [0.1, 0.15) is 30.9 Å². The first-order valence-electron chi connectivity index (χ1n) is 6.09. The molecule has 1 fully saturated rings. The summed E-state index contributed by atoms with van der Waals surface area (Å²) in [5.74, 6) is 0.473. The van der Waals surface area contributed by atoms with Crippen LogP contribution in [0.15, 0.2) is 18.2 Å². The summed E-state index contributed by atoms with van der Waals surface area (Å²) in [5, 5.41) is 9.00. The zero-order chi connectivity index (χ0) is 12.3. The van der Waals surface area contributed by atoms with E-state index in [1.807, 2.05) is 12.1 Å². The van der Waals surface area contributed by atoms with Gasteiger partial charge in [0, 0.05) is 18.8 Å². The van der Waals surface area contributed by atoms with Crippen molar-refractivity contribution in [3.05, 3.63) is 29.3 Å². The fraction of sp³-hybridized carbons (Fsp3) is 0.500. The molecule has 1 aliphatic heterocycles. The minimum atomic E-state index is 0.473. The first-order chi connectivity index (χ1) is 8.22. The van der Waals surface area contributed by atoms with Gasteiger partial charge in [0.05, 0.1) is 24.8 Å². The molecule has 0 N–H and O–H groups in total. The Morgan fingerprint density at radius 3 is 2.59 bits per heavy atom. The molecule has 90 valence electrons. The number of anilines is 1. The highest BCUT2D eigenvalue weighted by molar-refractivity contribution is 5.59. The smallest absolute Gasteiger partial charge is 0.0992 e. The highest BCUT2D eigenvalue weighted by Crippen LogP contribution is 2.29. The SMILES string of the molecule is CC(C)c1ccc(C#N)cc1N1CCOCC1. The molecule has 1 aromatic carbocycles. The molecule has 0 radical (unpaired) electrons. The predicted molar refractivity (Wildman–Crippen MR) is 68.3 cm³/mol. The maximum absolute atomic E-state index is 9.00. The van der Waals surface area contributed by atoms with E-state index in [-0.39, 0.29) is 0 Å². The minimum absolute atomic E-state index is 0.473. The van der Waals surface area contributed by atoms with Crippen molar-refractivity contribution in [2.24, 2.45) is 0 Å². The largest absolute Gasteiger partial charge is 0.378 e. The maximum Gasteiger partial charge on any atom is 0.0992 e. The van der Waals surface area contributed by atoms with E-state index in [9.17, 15) is 0 Å². The van der Waals surface area contributed by atoms with Crippen molar-refractivity contribution in [1.29, 1.82) is 5.26 Å². The van der Waals surface area contributed by atoms with Crippen LogP contribution in [-0.4, -0.2) is 26.3 Å². The standard InChI is InChI=1S/C14H18N2O/c1-11(2)13-4-3-12(10-15)9-14(13)16-5-7-17-8-6-16/h3-4,9,11H,5-8H2,1-2H3. The number of nitriles is 1. The molecule has 3 nitrogen and oxygen atoms in total. The van der Waals surface area contributed by atoms with Crippen LogP contribution in [-0.2, 0) is 4.74 Å². The summed E-state index contributed by atoms with van der Waals surface area (Å²) in [7, 11) is 0. The van der Waals surface area contributed by atoms with Gasteiger partial charge in [-0.1, -0.05) is 19.9 Å². The predicted octanol–water partition coefficient (Wildman–Crippen LogP) is 2.52. The number of hydrogen-bond acceptors (Lipinski definition) is 3. The summed E-state index contributed by atoms with van der Waals surface area (Å²) >= 11 is 0. The first-order valence-corrected chi connectivity index (χ1v) is 6.09. The summed E-state index contributed by atoms with van der Waals surface area (Å²) in [5.41, 5.74) is 3.24. The van der Waals surface area contributed by atoms with E-state index in [4.69, 9.17) is 10.00 Å². The number of nitrogens with zero attached hydrogens (tertiary/aromatic N) is 2. The first kappa shape index (κ1) is 11.9. The highest BCUT2D eigenvalue weighted by atomic mass is 16.5. The molecular weight excluding hydrogens is 212 g/mol. The Morgan fingerprint density at radius 2 is 2.00 bits per heavy atom. The number of benzene rings is 1. The van der Waals surface area contributed by atoms with Crippen molar-refractivity contribution < 1.29 is 4.74 Å². The van der Waals surface area contributed by atoms with E-state index < -0.39 is 0 Å². The second-order valence-corrected chi connectivity index (χ2v) is 4.64. The Bertz CT molecular complexity index is 428. The van der Waals surface area contributed by atoms with Crippen LogP contribution in [0.4, 0.5) is 5.69 Å². The number of rotatable bonds is 2. The second kappa shape index (κ2) is 5.20. The molecule has 0 amide bonds. The van der Waals surface area contributed by atoms with Crippen LogP contribution in [0.25, 0.3) is 0 Å². The fourth-order valence-corrected chi connectivity index (χ4v) is 2.18. The van der Waals surface area contributed by atoms with E-state index >= 15 is 0 Å². The van der Waals surface area contributed by atoms with Crippen molar-refractivity contribution in [2.75, 3.05) is 31.2 Å². The van der Waals surface area contributed by atoms with Crippen LogP contribution in [0, 0.1) is 11.3 Å². The third kappa shape index (κ3) is 2.59. The van der Waals surface area contributed by atoms with E-state index in [1.54, 1.807) is 0 Å². The van der Waals surface area contributed by atoms with E-state index in [2.05, 4.69) is 30.9 Å². The molecule has 0 spiro atoms. The molecule has 3 heteroatoms. The average molecular weight is 230 g/mol. The van der Waals surface area contributed by atoms with Gasteiger partial charge >= 0.3 is 0 Å². The molecule has 1 aliphatic rings. The molecule has 0 atom stereocenters. The van der Waals surface area contributed by atoms with E-state index in [0.29, 0.717) is 5.92 Å². The zero-order valence-corrected chi connectivity index (χ0v) is 10.4. The second-order valence-electron chi connectivity index (χ2n) is 4.64.